The third-order valence-corrected chi connectivity index (χ3v) is 10.8. The number of nitrogen functional groups attached to an aromatic ring is 1. The second kappa shape index (κ2) is 14.6. The van der Waals surface area contributed by atoms with Gasteiger partial charge in [-0.2, -0.15) is 5.26 Å². The lowest BCUT2D eigenvalue weighted by molar-refractivity contribution is 0.132. The van der Waals surface area contributed by atoms with Gasteiger partial charge in [-0.3, -0.25) is 4.90 Å². The largest absolute Gasteiger partial charge is 0.398 e. The van der Waals surface area contributed by atoms with Crippen molar-refractivity contribution in [3.05, 3.63) is 45.9 Å². The Morgan fingerprint density at radius 1 is 1.11 bits per heavy atom. The van der Waals surface area contributed by atoms with E-state index in [4.69, 9.17) is 15.7 Å². The lowest BCUT2D eigenvalue weighted by Crippen LogP contribution is -2.62. The number of rotatable bonds is 11. The second-order valence-corrected chi connectivity index (χ2v) is 13.4. The lowest BCUT2D eigenvalue weighted by Gasteiger charge is -2.53. The van der Waals surface area contributed by atoms with Crippen LogP contribution in [0.15, 0.2) is 12.1 Å². The number of anilines is 2. The predicted octanol–water partition coefficient (Wildman–Crippen LogP) is 6.87. The van der Waals surface area contributed by atoms with Crippen molar-refractivity contribution >= 4 is 11.5 Å². The summed E-state index contributed by atoms with van der Waals surface area (Å²) in [6, 6.07) is 6.37. The second-order valence-electron chi connectivity index (χ2n) is 13.4. The van der Waals surface area contributed by atoms with Crippen molar-refractivity contribution in [1.82, 2.24) is 14.9 Å². The number of fused-ring (bicyclic) bond motifs is 1. The summed E-state index contributed by atoms with van der Waals surface area (Å²) in [5.41, 5.74) is 11.7. The van der Waals surface area contributed by atoms with Crippen molar-refractivity contribution in [3.8, 4) is 6.07 Å². The van der Waals surface area contributed by atoms with Crippen molar-refractivity contribution in [2.24, 2.45) is 0 Å². The molecule has 0 spiro atoms. The zero-order valence-corrected chi connectivity index (χ0v) is 28.1. The molecule has 1 aromatic carbocycles. The number of halogens is 1. The lowest BCUT2D eigenvalue weighted by atomic mass is 9.81. The molecule has 3 aliphatic heterocycles. The normalized spacial score (nSPS) is 24.5. The highest BCUT2D eigenvalue weighted by Crippen LogP contribution is 2.41. The number of alkyl halides is 1. The number of benzene rings is 1. The summed E-state index contributed by atoms with van der Waals surface area (Å²) >= 11 is 0. The van der Waals surface area contributed by atoms with Crippen molar-refractivity contribution in [2.45, 2.75) is 135 Å². The Balaban J connectivity index is 0.000000369. The minimum atomic E-state index is -0.551. The molecule has 4 heterocycles. The number of nitrogens with zero attached hydrogens (tertiary/aromatic N) is 5. The zero-order chi connectivity index (χ0) is 32.1. The van der Waals surface area contributed by atoms with Crippen LogP contribution < -0.4 is 10.6 Å². The first-order chi connectivity index (χ1) is 21.1. The smallest absolute Gasteiger partial charge is 0.136 e. The maximum atomic E-state index is 12.8. The molecule has 3 fully saturated rings. The Kier molecular flexibility index (Phi) is 11.3. The number of aliphatic hydroxyl groups excluding tert-OH is 1. The minimum absolute atomic E-state index is 0.127. The summed E-state index contributed by atoms with van der Waals surface area (Å²) in [6.07, 6.45) is 9.71. The van der Waals surface area contributed by atoms with Gasteiger partial charge >= 0.3 is 0 Å². The molecule has 3 atom stereocenters. The molecule has 44 heavy (non-hydrogen) atoms. The number of aliphatic hydroxyl groups is 1. The van der Waals surface area contributed by atoms with Crippen LogP contribution in [0, 0.1) is 11.3 Å². The monoisotopic (exact) mass is 606 g/mol. The third kappa shape index (κ3) is 6.60. The molecule has 3 N–H and O–H groups in total. The molecule has 0 aliphatic carbocycles. The van der Waals surface area contributed by atoms with Gasteiger partial charge in [0.05, 0.1) is 23.4 Å². The molecule has 8 heteroatoms. The fourth-order valence-corrected chi connectivity index (χ4v) is 7.80. The maximum Gasteiger partial charge on any atom is 0.136 e. The maximum absolute atomic E-state index is 12.8. The van der Waals surface area contributed by atoms with Gasteiger partial charge in [-0.1, -0.05) is 47.1 Å². The average Bonchev–Trinajstić information content (AvgIpc) is 3.49. The summed E-state index contributed by atoms with van der Waals surface area (Å²) < 4.78 is 12.8. The van der Waals surface area contributed by atoms with Gasteiger partial charge in [0.1, 0.15) is 23.9 Å². The molecule has 5 rings (SSSR count). The number of aryl methyl sites for hydroxylation is 1. The quantitative estimate of drug-likeness (QED) is 0.269. The predicted molar refractivity (Wildman–Crippen MR) is 178 cm³/mol. The van der Waals surface area contributed by atoms with Gasteiger partial charge in [0, 0.05) is 42.7 Å². The number of aromatic nitrogens is 2. The highest BCUT2D eigenvalue weighted by Gasteiger charge is 2.45. The van der Waals surface area contributed by atoms with Gasteiger partial charge in [-0.25, -0.2) is 14.4 Å². The minimum Gasteiger partial charge on any atom is -0.398 e. The van der Waals surface area contributed by atoms with Gasteiger partial charge in [0.15, 0.2) is 0 Å². The Labute approximate surface area is 265 Å². The van der Waals surface area contributed by atoms with Crippen molar-refractivity contribution in [1.29, 1.82) is 5.26 Å². The van der Waals surface area contributed by atoms with Crippen LogP contribution in [0.2, 0.25) is 0 Å². The van der Waals surface area contributed by atoms with Crippen LogP contribution in [0.1, 0.15) is 133 Å². The zero-order valence-electron chi connectivity index (χ0n) is 28.1. The van der Waals surface area contributed by atoms with E-state index in [1.165, 1.54) is 18.4 Å². The van der Waals surface area contributed by atoms with E-state index in [-0.39, 0.29) is 17.7 Å². The van der Waals surface area contributed by atoms with Crippen LogP contribution in [-0.4, -0.2) is 63.5 Å². The topological polar surface area (TPSA) is 102 Å². The molecule has 0 amide bonds. The van der Waals surface area contributed by atoms with E-state index in [9.17, 15) is 14.8 Å². The van der Waals surface area contributed by atoms with E-state index in [2.05, 4.69) is 63.5 Å². The average molecular weight is 607 g/mol. The van der Waals surface area contributed by atoms with E-state index in [1.807, 2.05) is 6.07 Å². The highest BCUT2D eigenvalue weighted by molar-refractivity contribution is 5.63. The van der Waals surface area contributed by atoms with Gasteiger partial charge in [-0.05, 0) is 87.9 Å². The van der Waals surface area contributed by atoms with Crippen LogP contribution in [0.25, 0.3) is 0 Å². The number of nitrogens with two attached hydrogens (primary N) is 1. The first kappa shape index (κ1) is 34.1. The van der Waals surface area contributed by atoms with E-state index < -0.39 is 6.17 Å². The molecular weight excluding hydrogens is 551 g/mol. The fraction of sp³-hybridized carbons (Fsp3) is 0.694. The van der Waals surface area contributed by atoms with Crippen LogP contribution in [-0.2, 0) is 19.3 Å². The number of nitriles is 1. The summed E-state index contributed by atoms with van der Waals surface area (Å²) in [6.45, 7) is 15.8. The summed E-state index contributed by atoms with van der Waals surface area (Å²) in [5.74, 6) is 2.16. The van der Waals surface area contributed by atoms with Crippen LogP contribution in [0.3, 0.4) is 0 Å². The molecule has 3 saturated heterocycles. The molecule has 7 nitrogen and oxygen atoms in total. The van der Waals surface area contributed by atoms with Crippen LogP contribution >= 0.6 is 0 Å². The molecule has 0 bridgehead atoms. The van der Waals surface area contributed by atoms with Gasteiger partial charge in [-0.15, -0.1) is 0 Å². The third-order valence-electron chi connectivity index (χ3n) is 10.8. The van der Waals surface area contributed by atoms with Gasteiger partial charge < -0.3 is 15.7 Å². The number of hydrogen-bond donors (Lipinski definition) is 2. The summed E-state index contributed by atoms with van der Waals surface area (Å²) in [5, 5.41) is 20.3. The number of hydrogen-bond acceptors (Lipinski definition) is 7. The molecule has 3 aliphatic rings. The van der Waals surface area contributed by atoms with Gasteiger partial charge in [0.2, 0.25) is 0 Å². The molecule has 3 unspecified atom stereocenters. The van der Waals surface area contributed by atoms with Crippen LogP contribution in [0.4, 0.5) is 15.9 Å². The Morgan fingerprint density at radius 2 is 1.86 bits per heavy atom. The molecule has 242 valence electrons. The summed E-state index contributed by atoms with van der Waals surface area (Å²) in [7, 11) is 0. The Hall–Kier alpha value is -2.76. The van der Waals surface area contributed by atoms with Crippen molar-refractivity contribution in [2.75, 3.05) is 36.9 Å². The van der Waals surface area contributed by atoms with Gasteiger partial charge in [0.25, 0.3) is 0 Å². The molecule has 1 aromatic heterocycles. The molecular formula is C36H55FN6O. The first-order valence-electron chi connectivity index (χ1n) is 17.1. The van der Waals surface area contributed by atoms with Crippen molar-refractivity contribution in [3.63, 3.8) is 0 Å². The molecule has 0 saturated carbocycles. The van der Waals surface area contributed by atoms with Crippen LogP contribution in [0.5, 0.6) is 0 Å². The Bertz CT molecular complexity index is 1310. The standard InChI is InChI=1S/C28H41N5O.C8H14FN/c1-6-11-21-25(16-22-20(19(7-2)8-3)12-13-24(30)23(22)17-29)31-26(9-4)32-27(21)33-15-14-28(33,10-5)18-34;1-8-3-2-4-10(8)6-7(9)5-8/h12-13,19,34H,6-11,14-16,18,30H2,1-5H3;7H,2-6H2,1H3. The van der Waals surface area contributed by atoms with E-state index in [0.717, 1.165) is 92.9 Å². The highest BCUT2D eigenvalue weighted by atomic mass is 19.1. The SMILES string of the molecule is CC12CCCN1CC(F)C2.CCCc1c(Cc2c(C(CC)CC)ccc(N)c2C#N)nc(CC)nc1N1CCC1(CC)CO. The van der Waals surface area contributed by atoms with E-state index in [1.54, 1.807) is 0 Å². The molecule has 2 aromatic rings. The first-order valence-corrected chi connectivity index (χ1v) is 17.1. The van der Waals surface area contributed by atoms with E-state index >= 15 is 0 Å². The Morgan fingerprint density at radius 3 is 2.41 bits per heavy atom. The fourth-order valence-electron chi connectivity index (χ4n) is 7.80. The van der Waals surface area contributed by atoms with Crippen molar-refractivity contribution < 1.29 is 9.50 Å². The summed E-state index contributed by atoms with van der Waals surface area (Å²) in [4.78, 5) is 14.6. The molecule has 0 radical (unpaired) electrons. The van der Waals surface area contributed by atoms with E-state index in [0.29, 0.717) is 30.1 Å².